The Labute approximate surface area is 172 Å². The maximum Gasteiger partial charge on any atom is 0.170 e. The van der Waals surface area contributed by atoms with Gasteiger partial charge >= 0.3 is 0 Å². The molecule has 0 unspecified atom stereocenters. The van der Waals surface area contributed by atoms with Gasteiger partial charge in [-0.25, -0.2) is 9.97 Å². The van der Waals surface area contributed by atoms with Crippen LogP contribution in [0.25, 0.3) is 22.6 Å². The summed E-state index contributed by atoms with van der Waals surface area (Å²) in [6.45, 7) is 2.64. The van der Waals surface area contributed by atoms with Crippen molar-refractivity contribution in [3.8, 4) is 17.3 Å². The third-order valence-electron chi connectivity index (χ3n) is 4.30. The van der Waals surface area contributed by atoms with Crippen LogP contribution in [0.4, 0.5) is 0 Å². The maximum atomic E-state index is 6.04. The number of aromatic nitrogens is 4. The van der Waals surface area contributed by atoms with Gasteiger partial charge in [0.25, 0.3) is 0 Å². The molecule has 4 rings (SSSR count). The van der Waals surface area contributed by atoms with E-state index in [0.29, 0.717) is 6.61 Å². The third kappa shape index (κ3) is 3.86. The summed E-state index contributed by atoms with van der Waals surface area (Å²) in [6, 6.07) is 16.0. The molecule has 142 valence electrons. The molecule has 0 amide bonds. The topological polar surface area (TPSA) is 52.8 Å². The van der Waals surface area contributed by atoms with Crippen LogP contribution in [0.1, 0.15) is 5.56 Å². The van der Waals surface area contributed by atoms with Gasteiger partial charge in [0.1, 0.15) is 11.4 Å². The van der Waals surface area contributed by atoms with Crippen LogP contribution in [0.3, 0.4) is 0 Å². The minimum Gasteiger partial charge on any atom is -0.492 e. The van der Waals surface area contributed by atoms with Crippen molar-refractivity contribution in [2.45, 2.75) is 11.9 Å². The highest BCUT2D eigenvalue weighted by atomic mass is 32.2. The van der Waals surface area contributed by atoms with E-state index in [0.717, 1.165) is 44.6 Å². The van der Waals surface area contributed by atoms with Crippen molar-refractivity contribution in [2.24, 2.45) is 0 Å². The number of hydrogen-bond acceptors (Lipinski definition) is 6. The predicted molar refractivity (Wildman–Crippen MR) is 117 cm³/mol. The molecule has 0 N–H and O–H groups in total. The highest BCUT2D eigenvalue weighted by Crippen LogP contribution is 2.32. The zero-order valence-corrected chi connectivity index (χ0v) is 17.3. The van der Waals surface area contributed by atoms with Crippen LogP contribution in [0.15, 0.2) is 66.0 Å². The van der Waals surface area contributed by atoms with Crippen molar-refractivity contribution in [3.63, 3.8) is 0 Å². The number of nitrogens with zero attached hydrogens (tertiary/aromatic N) is 4. The molecule has 3 aromatic heterocycles. The molecule has 0 saturated heterocycles. The smallest absolute Gasteiger partial charge is 0.170 e. The number of benzene rings is 1. The number of thioether (sulfide) groups is 1. The standard InChI is InChI=1S/C21H20N4OS2/c1-15-18(26-13-14-28-19-9-5-6-11-22-19)10-12-23-20(15)21-24-16-7-3-4-8-17(16)25(21)27-2/h3-12H,13-14H2,1-2H3. The Hall–Kier alpha value is -2.51. The molecule has 4 aromatic rings. The monoisotopic (exact) mass is 408 g/mol. The first-order valence-corrected chi connectivity index (χ1v) is 11.1. The molecule has 3 heterocycles. The van der Waals surface area contributed by atoms with Gasteiger partial charge in [-0.05, 0) is 49.2 Å². The summed E-state index contributed by atoms with van der Waals surface area (Å²) in [5.41, 5.74) is 3.90. The summed E-state index contributed by atoms with van der Waals surface area (Å²) in [5, 5.41) is 1.01. The van der Waals surface area contributed by atoms with Crippen molar-refractivity contribution in [2.75, 3.05) is 18.6 Å². The Bertz CT molecular complexity index is 1080. The van der Waals surface area contributed by atoms with Crippen molar-refractivity contribution in [3.05, 3.63) is 66.5 Å². The van der Waals surface area contributed by atoms with E-state index in [1.807, 2.05) is 55.6 Å². The zero-order valence-electron chi connectivity index (χ0n) is 15.7. The minimum atomic E-state index is 0.602. The molecule has 0 aliphatic carbocycles. The Morgan fingerprint density at radius 3 is 2.68 bits per heavy atom. The normalized spacial score (nSPS) is 11.1. The molecule has 5 nitrogen and oxygen atoms in total. The van der Waals surface area contributed by atoms with Gasteiger partial charge in [-0.15, -0.1) is 11.8 Å². The largest absolute Gasteiger partial charge is 0.492 e. The van der Waals surface area contributed by atoms with Crippen molar-refractivity contribution >= 4 is 34.7 Å². The lowest BCUT2D eigenvalue weighted by Gasteiger charge is -2.12. The summed E-state index contributed by atoms with van der Waals surface area (Å²) in [5.74, 6) is 2.52. The van der Waals surface area contributed by atoms with Crippen LogP contribution in [-0.4, -0.2) is 37.5 Å². The molecule has 0 fully saturated rings. The van der Waals surface area contributed by atoms with Gasteiger partial charge in [-0.1, -0.05) is 18.2 Å². The quantitative estimate of drug-likeness (QED) is 0.313. The molecule has 7 heteroatoms. The summed E-state index contributed by atoms with van der Waals surface area (Å²) < 4.78 is 8.15. The second-order valence-electron chi connectivity index (χ2n) is 6.05. The van der Waals surface area contributed by atoms with Crippen molar-refractivity contribution in [1.29, 1.82) is 0 Å². The lowest BCUT2D eigenvalue weighted by Crippen LogP contribution is -2.04. The Balaban J connectivity index is 1.54. The summed E-state index contributed by atoms with van der Waals surface area (Å²) in [4.78, 5) is 13.7. The van der Waals surface area contributed by atoms with Crippen LogP contribution in [0.2, 0.25) is 0 Å². The van der Waals surface area contributed by atoms with Crippen LogP contribution in [0.5, 0.6) is 5.75 Å². The number of hydrogen-bond donors (Lipinski definition) is 0. The molecule has 0 bridgehead atoms. The van der Waals surface area contributed by atoms with E-state index < -0.39 is 0 Å². The van der Waals surface area contributed by atoms with Gasteiger partial charge in [0.05, 0.1) is 22.7 Å². The average Bonchev–Trinajstić information content (AvgIpc) is 3.11. The van der Waals surface area contributed by atoms with Crippen molar-refractivity contribution in [1.82, 2.24) is 18.9 Å². The SMILES string of the molecule is CSn1c(-c2nccc(OCCSc3ccccn3)c2C)nc2ccccc21. The molecular formula is C21H20N4OS2. The van der Waals surface area contributed by atoms with E-state index in [4.69, 9.17) is 9.72 Å². The first-order chi connectivity index (χ1) is 13.8. The molecule has 0 spiro atoms. The summed E-state index contributed by atoms with van der Waals surface area (Å²) >= 11 is 3.31. The van der Waals surface area contributed by atoms with E-state index in [-0.39, 0.29) is 0 Å². The fraction of sp³-hybridized carbons (Fsp3) is 0.190. The lowest BCUT2D eigenvalue weighted by molar-refractivity contribution is 0.341. The van der Waals surface area contributed by atoms with Crippen LogP contribution in [-0.2, 0) is 0 Å². The van der Waals surface area contributed by atoms with Crippen LogP contribution < -0.4 is 4.74 Å². The number of fused-ring (bicyclic) bond motifs is 1. The first kappa shape index (κ1) is 18.8. The molecule has 1 aromatic carbocycles. The summed E-state index contributed by atoms with van der Waals surface area (Å²) in [6.07, 6.45) is 5.63. The second-order valence-corrected chi connectivity index (χ2v) is 7.89. The number of rotatable bonds is 7. The highest BCUT2D eigenvalue weighted by molar-refractivity contribution is 7.99. The van der Waals surface area contributed by atoms with E-state index >= 15 is 0 Å². The van der Waals surface area contributed by atoms with Gasteiger partial charge in [0.2, 0.25) is 0 Å². The van der Waals surface area contributed by atoms with E-state index in [1.165, 1.54) is 0 Å². The van der Waals surface area contributed by atoms with Gasteiger partial charge in [-0.3, -0.25) is 8.96 Å². The molecule has 0 radical (unpaired) electrons. The second kappa shape index (κ2) is 8.67. The Morgan fingerprint density at radius 2 is 1.86 bits per heavy atom. The van der Waals surface area contributed by atoms with E-state index in [1.54, 1.807) is 36.1 Å². The fourth-order valence-corrected chi connectivity index (χ4v) is 4.31. The Morgan fingerprint density at radius 1 is 1.00 bits per heavy atom. The molecule has 28 heavy (non-hydrogen) atoms. The average molecular weight is 409 g/mol. The zero-order chi connectivity index (χ0) is 19.3. The van der Waals surface area contributed by atoms with E-state index in [9.17, 15) is 0 Å². The summed E-state index contributed by atoms with van der Waals surface area (Å²) in [7, 11) is 0. The number of imidazole rings is 1. The molecule has 0 atom stereocenters. The maximum absolute atomic E-state index is 6.04. The lowest BCUT2D eigenvalue weighted by atomic mass is 10.2. The van der Waals surface area contributed by atoms with E-state index in [2.05, 4.69) is 20.0 Å². The third-order valence-corrected chi connectivity index (χ3v) is 5.94. The number of pyridine rings is 2. The molecule has 0 aliphatic heterocycles. The predicted octanol–water partition coefficient (Wildman–Crippen LogP) is 5.10. The molecule has 0 aliphatic rings. The van der Waals surface area contributed by atoms with Crippen LogP contribution >= 0.6 is 23.7 Å². The fourth-order valence-electron chi connectivity index (χ4n) is 2.97. The van der Waals surface area contributed by atoms with Gasteiger partial charge in [-0.2, -0.15) is 0 Å². The molecule has 0 saturated carbocycles. The van der Waals surface area contributed by atoms with Gasteiger partial charge < -0.3 is 4.74 Å². The number of ether oxygens (including phenoxy) is 1. The van der Waals surface area contributed by atoms with Gasteiger partial charge in [0, 0.05) is 30.0 Å². The highest BCUT2D eigenvalue weighted by Gasteiger charge is 2.17. The minimum absolute atomic E-state index is 0.602. The number of para-hydroxylation sites is 2. The van der Waals surface area contributed by atoms with Crippen molar-refractivity contribution < 1.29 is 4.74 Å². The Kier molecular flexibility index (Phi) is 5.83. The van der Waals surface area contributed by atoms with Gasteiger partial charge in [0.15, 0.2) is 5.82 Å². The first-order valence-electron chi connectivity index (χ1n) is 8.92. The molecular weight excluding hydrogens is 388 g/mol. The van der Waals surface area contributed by atoms with Crippen LogP contribution in [0, 0.1) is 6.92 Å².